The lowest BCUT2D eigenvalue weighted by Crippen LogP contribution is -2.25. The van der Waals surface area contributed by atoms with Crippen LogP contribution in [0, 0.1) is 11.7 Å². The van der Waals surface area contributed by atoms with Crippen molar-refractivity contribution in [3.8, 4) is 0 Å². The Labute approximate surface area is 142 Å². The third-order valence-corrected chi connectivity index (χ3v) is 4.73. The van der Waals surface area contributed by atoms with Gasteiger partial charge in [-0.3, -0.25) is 4.79 Å². The molecule has 1 aromatic carbocycles. The van der Waals surface area contributed by atoms with E-state index in [1.807, 2.05) is 0 Å². The van der Waals surface area contributed by atoms with Crippen molar-refractivity contribution in [2.75, 3.05) is 6.61 Å². The number of ether oxygens (including phenoxy) is 1. The van der Waals surface area contributed by atoms with Crippen LogP contribution in [0.1, 0.15) is 40.3 Å². The molecule has 126 valence electrons. The fourth-order valence-corrected chi connectivity index (χ4v) is 3.29. The second kappa shape index (κ2) is 7.09. The summed E-state index contributed by atoms with van der Waals surface area (Å²) < 4.78 is 18.6. The molecule has 1 amide bonds. The van der Waals surface area contributed by atoms with Gasteiger partial charge in [0.1, 0.15) is 10.8 Å². The fraction of sp³-hybridized carbons (Fsp3) is 0.353. The fourth-order valence-electron chi connectivity index (χ4n) is 2.59. The van der Waals surface area contributed by atoms with Gasteiger partial charge in [0, 0.05) is 11.3 Å². The van der Waals surface area contributed by atoms with Gasteiger partial charge in [-0.05, 0) is 30.9 Å². The number of benzene rings is 1. The number of hydrogen-bond donors (Lipinski definition) is 1. The van der Waals surface area contributed by atoms with Crippen LogP contribution < -0.4 is 5.32 Å². The van der Waals surface area contributed by atoms with E-state index in [0.717, 1.165) is 0 Å². The number of carbonyl (C=O) groups is 2. The van der Waals surface area contributed by atoms with E-state index in [0.29, 0.717) is 23.6 Å². The highest BCUT2D eigenvalue weighted by molar-refractivity contribution is 7.09. The van der Waals surface area contributed by atoms with Crippen molar-refractivity contribution in [3.05, 3.63) is 51.7 Å². The molecule has 0 radical (unpaired) electrons. The van der Waals surface area contributed by atoms with Crippen LogP contribution in [0.25, 0.3) is 0 Å². The molecule has 2 aromatic rings. The summed E-state index contributed by atoms with van der Waals surface area (Å²) in [6.07, 6.45) is 0.651. The summed E-state index contributed by atoms with van der Waals surface area (Å²) in [6.45, 7) is 2.28. The largest absolute Gasteiger partial charge is 0.461 e. The summed E-state index contributed by atoms with van der Waals surface area (Å²) in [6, 6.07) is 6.55. The second-order valence-corrected chi connectivity index (χ2v) is 6.48. The minimum absolute atomic E-state index is 0.0578. The lowest BCUT2D eigenvalue weighted by molar-refractivity contribution is -0.122. The number of nitrogens with zero attached hydrogens (tertiary/aromatic N) is 1. The molecule has 0 aliphatic heterocycles. The van der Waals surface area contributed by atoms with E-state index in [-0.39, 0.29) is 35.8 Å². The maximum atomic E-state index is 13.7. The first kappa shape index (κ1) is 16.6. The molecule has 0 bridgehead atoms. The summed E-state index contributed by atoms with van der Waals surface area (Å²) in [7, 11) is 0. The Morgan fingerprint density at radius 2 is 2.21 bits per heavy atom. The molecule has 2 unspecified atom stereocenters. The van der Waals surface area contributed by atoms with Gasteiger partial charge in [-0.25, -0.2) is 14.2 Å². The lowest BCUT2D eigenvalue weighted by Gasteiger charge is -2.04. The third-order valence-electron chi connectivity index (χ3n) is 3.88. The summed E-state index contributed by atoms with van der Waals surface area (Å²) in [4.78, 5) is 27.9. The normalized spacial score (nSPS) is 18.9. The van der Waals surface area contributed by atoms with Gasteiger partial charge in [0.15, 0.2) is 5.69 Å². The Bertz CT molecular complexity index is 762. The van der Waals surface area contributed by atoms with Crippen molar-refractivity contribution < 1.29 is 18.7 Å². The van der Waals surface area contributed by atoms with Crippen LogP contribution in [0.5, 0.6) is 0 Å². The number of hydrogen-bond acceptors (Lipinski definition) is 5. The highest BCUT2D eigenvalue weighted by Gasteiger charge is 2.44. The van der Waals surface area contributed by atoms with Crippen LogP contribution in [0.15, 0.2) is 29.6 Å². The molecule has 3 rings (SSSR count). The summed E-state index contributed by atoms with van der Waals surface area (Å²) in [5.74, 6) is -1.11. The summed E-state index contributed by atoms with van der Waals surface area (Å²) in [5, 5.41) is 5.04. The molecule has 1 N–H and O–H groups in total. The Morgan fingerprint density at radius 3 is 2.96 bits per heavy atom. The molecule has 1 aliphatic rings. The van der Waals surface area contributed by atoms with E-state index >= 15 is 0 Å². The molecule has 0 spiro atoms. The number of halogens is 1. The van der Waals surface area contributed by atoms with Crippen LogP contribution in [-0.2, 0) is 16.1 Å². The van der Waals surface area contributed by atoms with Gasteiger partial charge in [-0.1, -0.05) is 18.2 Å². The number of nitrogens with one attached hydrogen (secondary N) is 1. The topological polar surface area (TPSA) is 68.3 Å². The number of rotatable bonds is 6. The number of aromatic nitrogens is 1. The van der Waals surface area contributed by atoms with E-state index in [1.54, 1.807) is 30.5 Å². The Kier molecular flexibility index (Phi) is 4.89. The van der Waals surface area contributed by atoms with Gasteiger partial charge in [0.05, 0.1) is 13.2 Å². The average Bonchev–Trinajstić information content (AvgIpc) is 3.22. The maximum Gasteiger partial charge on any atom is 0.357 e. The SMILES string of the molecule is CCOC(=O)c1csc(CNC(=O)C2CC2c2ccccc2F)n1. The zero-order chi connectivity index (χ0) is 17.1. The number of amides is 1. The molecule has 1 aliphatic carbocycles. The molecular weight excluding hydrogens is 331 g/mol. The smallest absolute Gasteiger partial charge is 0.357 e. The zero-order valence-corrected chi connectivity index (χ0v) is 13.9. The van der Waals surface area contributed by atoms with Crippen LogP contribution in [-0.4, -0.2) is 23.5 Å². The van der Waals surface area contributed by atoms with Gasteiger partial charge >= 0.3 is 5.97 Å². The van der Waals surface area contributed by atoms with Crippen LogP contribution in [0.2, 0.25) is 0 Å². The average molecular weight is 348 g/mol. The van der Waals surface area contributed by atoms with Gasteiger partial charge in [0.2, 0.25) is 5.91 Å². The standard InChI is InChI=1S/C17H17FN2O3S/c1-2-23-17(22)14-9-24-15(20-14)8-19-16(21)12-7-11(12)10-5-3-4-6-13(10)18/h3-6,9,11-12H,2,7-8H2,1H3,(H,19,21). The van der Waals surface area contributed by atoms with Crippen LogP contribution in [0.3, 0.4) is 0 Å². The number of thiazole rings is 1. The van der Waals surface area contributed by atoms with Crippen molar-refractivity contribution in [1.82, 2.24) is 10.3 Å². The molecule has 24 heavy (non-hydrogen) atoms. The van der Waals surface area contributed by atoms with Crippen molar-refractivity contribution in [1.29, 1.82) is 0 Å². The minimum atomic E-state index is -0.465. The Hall–Kier alpha value is -2.28. The van der Waals surface area contributed by atoms with Gasteiger partial charge in [-0.2, -0.15) is 0 Å². The Morgan fingerprint density at radius 1 is 1.42 bits per heavy atom. The molecule has 0 saturated heterocycles. The monoisotopic (exact) mass is 348 g/mol. The van der Waals surface area contributed by atoms with Crippen molar-refractivity contribution in [3.63, 3.8) is 0 Å². The first-order chi connectivity index (χ1) is 11.6. The number of carbonyl (C=O) groups excluding carboxylic acids is 2. The molecule has 1 heterocycles. The predicted molar refractivity (Wildman–Crippen MR) is 87.2 cm³/mol. The maximum absolute atomic E-state index is 13.7. The van der Waals surface area contributed by atoms with E-state index in [9.17, 15) is 14.0 Å². The number of esters is 1. The minimum Gasteiger partial charge on any atom is -0.461 e. The molecule has 1 fully saturated rings. The van der Waals surface area contributed by atoms with E-state index in [4.69, 9.17) is 4.74 Å². The second-order valence-electron chi connectivity index (χ2n) is 5.53. The summed E-state index contributed by atoms with van der Waals surface area (Å²) >= 11 is 1.29. The van der Waals surface area contributed by atoms with Gasteiger partial charge in [-0.15, -0.1) is 11.3 Å². The predicted octanol–water partition coefficient (Wildman–Crippen LogP) is 2.88. The highest BCUT2D eigenvalue weighted by atomic mass is 32.1. The van der Waals surface area contributed by atoms with Gasteiger partial charge < -0.3 is 10.1 Å². The molecule has 1 aromatic heterocycles. The quantitative estimate of drug-likeness (QED) is 0.815. The van der Waals surface area contributed by atoms with E-state index < -0.39 is 5.97 Å². The van der Waals surface area contributed by atoms with Crippen LogP contribution in [0.4, 0.5) is 4.39 Å². The molecular formula is C17H17FN2O3S. The lowest BCUT2D eigenvalue weighted by atomic mass is 10.1. The molecule has 5 nitrogen and oxygen atoms in total. The first-order valence-corrected chi connectivity index (χ1v) is 8.61. The van der Waals surface area contributed by atoms with Crippen LogP contribution >= 0.6 is 11.3 Å². The Balaban J connectivity index is 1.52. The molecule has 1 saturated carbocycles. The van der Waals surface area contributed by atoms with Crippen molar-refractivity contribution in [2.24, 2.45) is 5.92 Å². The zero-order valence-electron chi connectivity index (χ0n) is 13.1. The highest BCUT2D eigenvalue weighted by Crippen LogP contribution is 2.48. The van der Waals surface area contributed by atoms with Gasteiger partial charge in [0.25, 0.3) is 0 Å². The van der Waals surface area contributed by atoms with E-state index in [1.165, 1.54) is 17.4 Å². The van der Waals surface area contributed by atoms with Crippen molar-refractivity contribution in [2.45, 2.75) is 25.8 Å². The van der Waals surface area contributed by atoms with Crippen molar-refractivity contribution >= 4 is 23.2 Å². The molecule has 7 heteroatoms. The summed E-state index contributed by atoms with van der Waals surface area (Å²) in [5.41, 5.74) is 0.846. The van der Waals surface area contributed by atoms with E-state index in [2.05, 4.69) is 10.3 Å². The third kappa shape index (κ3) is 3.62. The first-order valence-electron chi connectivity index (χ1n) is 7.73. The molecule has 2 atom stereocenters.